The molecule has 0 radical (unpaired) electrons. The van der Waals surface area contributed by atoms with Gasteiger partial charge >= 0.3 is 0 Å². The fourth-order valence-corrected chi connectivity index (χ4v) is 1.85. The molecule has 1 atom stereocenters. The summed E-state index contributed by atoms with van der Waals surface area (Å²) in [6.45, 7) is 7.62. The highest BCUT2D eigenvalue weighted by Crippen LogP contribution is 2.17. The zero-order valence-electron chi connectivity index (χ0n) is 12.2. The molecule has 1 unspecified atom stereocenters. The normalized spacial score (nSPS) is 12.0. The van der Waals surface area contributed by atoms with E-state index in [0.29, 0.717) is 11.6 Å². The summed E-state index contributed by atoms with van der Waals surface area (Å²) >= 11 is 0. The monoisotopic (exact) mass is 273 g/mol. The summed E-state index contributed by atoms with van der Waals surface area (Å²) in [6.07, 6.45) is 0. The third-order valence-electron chi connectivity index (χ3n) is 3.04. The molecule has 0 saturated carbocycles. The van der Waals surface area contributed by atoms with E-state index in [1.54, 1.807) is 13.0 Å². The number of carbonyl (C=O) groups is 1. The molecule has 20 heavy (non-hydrogen) atoms. The van der Waals surface area contributed by atoms with E-state index in [1.165, 1.54) is 0 Å². The molecule has 5 nitrogen and oxygen atoms in total. The molecule has 1 amide bonds. The number of hydrogen-bond acceptors (Lipinski definition) is 4. The number of nitrogens with zero attached hydrogens (tertiary/aromatic N) is 1. The maximum absolute atomic E-state index is 12.1. The van der Waals surface area contributed by atoms with Crippen molar-refractivity contribution in [2.45, 2.75) is 33.7 Å². The molecule has 0 aliphatic rings. The third-order valence-corrected chi connectivity index (χ3v) is 3.04. The molecule has 0 aliphatic carbocycles. The molecule has 106 valence electrons. The van der Waals surface area contributed by atoms with E-state index in [9.17, 15) is 4.79 Å². The van der Waals surface area contributed by atoms with Gasteiger partial charge in [0, 0.05) is 11.8 Å². The molecule has 2 N–H and O–H groups in total. The number of aryl methyl sites for hydroxylation is 3. The molecular formula is C15H19N3O2. The Labute approximate surface area is 118 Å². The number of benzene rings is 1. The lowest BCUT2D eigenvalue weighted by Crippen LogP contribution is -2.32. The van der Waals surface area contributed by atoms with Gasteiger partial charge in [0.05, 0.1) is 0 Å². The SMILES string of the molecule is Cc1ccc(C)c(NC(C)C(=O)Nc2cc(C)on2)c1. The summed E-state index contributed by atoms with van der Waals surface area (Å²) in [5.74, 6) is 0.941. The number of hydrogen-bond donors (Lipinski definition) is 2. The lowest BCUT2D eigenvalue weighted by Gasteiger charge is -2.16. The smallest absolute Gasteiger partial charge is 0.247 e. The average molecular weight is 273 g/mol. The topological polar surface area (TPSA) is 67.2 Å². The van der Waals surface area contributed by atoms with Crippen molar-refractivity contribution in [3.8, 4) is 0 Å². The summed E-state index contributed by atoms with van der Waals surface area (Å²) in [5, 5.41) is 9.66. The van der Waals surface area contributed by atoms with Gasteiger partial charge in [-0.3, -0.25) is 4.79 Å². The summed E-state index contributed by atoms with van der Waals surface area (Å²) in [6, 6.07) is 7.42. The zero-order chi connectivity index (χ0) is 14.7. The van der Waals surface area contributed by atoms with Crippen LogP contribution in [0.1, 0.15) is 23.8 Å². The Morgan fingerprint density at radius 1 is 1.25 bits per heavy atom. The van der Waals surface area contributed by atoms with Crippen LogP contribution in [0.4, 0.5) is 11.5 Å². The van der Waals surface area contributed by atoms with E-state index >= 15 is 0 Å². The number of carbonyl (C=O) groups excluding carboxylic acids is 1. The van der Waals surface area contributed by atoms with Gasteiger partial charge in [-0.05, 0) is 44.9 Å². The lowest BCUT2D eigenvalue weighted by molar-refractivity contribution is -0.116. The lowest BCUT2D eigenvalue weighted by atomic mass is 10.1. The van der Waals surface area contributed by atoms with E-state index in [0.717, 1.165) is 16.8 Å². The van der Waals surface area contributed by atoms with Gasteiger partial charge in [0.1, 0.15) is 11.8 Å². The molecule has 2 rings (SSSR count). The first-order chi connectivity index (χ1) is 9.45. The van der Waals surface area contributed by atoms with Gasteiger partial charge in [-0.25, -0.2) is 0 Å². The molecule has 1 heterocycles. The Morgan fingerprint density at radius 2 is 2.00 bits per heavy atom. The van der Waals surface area contributed by atoms with Crippen molar-refractivity contribution in [2.24, 2.45) is 0 Å². The number of nitrogens with one attached hydrogen (secondary N) is 2. The Bertz CT molecular complexity index is 619. The largest absolute Gasteiger partial charge is 0.374 e. The molecular weight excluding hydrogens is 254 g/mol. The maximum Gasteiger partial charge on any atom is 0.247 e. The van der Waals surface area contributed by atoms with E-state index in [2.05, 4.69) is 15.8 Å². The fraction of sp³-hybridized carbons (Fsp3) is 0.333. The van der Waals surface area contributed by atoms with E-state index in [-0.39, 0.29) is 11.9 Å². The molecule has 0 saturated heterocycles. The standard InChI is InChI=1S/C15H19N3O2/c1-9-5-6-10(2)13(7-9)16-12(4)15(19)17-14-8-11(3)20-18-14/h5-8,12,16H,1-4H3,(H,17,18,19). The summed E-state index contributed by atoms with van der Waals surface area (Å²) in [7, 11) is 0. The molecule has 5 heteroatoms. The highest BCUT2D eigenvalue weighted by Gasteiger charge is 2.15. The maximum atomic E-state index is 12.1. The predicted molar refractivity (Wildman–Crippen MR) is 78.9 cm³/mol. The second-order valence-corrected chi connectivity index (χ2v) is 5.00. The van der Waals surface area contributed by atoms with Crippen LogP contribution in [-0.4, -0.2) is 17.1 Å². The molecule has 1 aromatic carbocycles. The number of anilines is 2. The second kappa shape index (κ2) is 5.77. The minimum Gasteiger partial charge on any atom is -0.374 e. The van der Waals surface area contributed by atoms with Gasteiger partial charge in [-0.15, -0.1) is 0 Å². The van der Waals surface area contributed by atoms with Gasteiger partial charge in [-0.2, -0.15) is 0 Å². The van der Waals surface area contributed by atoms with Crippen molar-refractivity contribution in [3.05, 3.63) is 41.2 Å². The Hall–Kier alpha value is -2.30. The predicted octanol–water partition coefficient (Wildman–Crippen LogP) is 3.04. The van der Waals surface area contributed by atoms with Crippen LogP contribution in [-0.2, 0) is 4.79 Å². The highest BCUT2D eigenvalue weighted by atomic mass is 16.5. The first kappa shape index (κ1) is 14.1. The Kier molecular flexibility index (Phi) is 4.08. The van der Waals surface area contributed by atoms with Crippen LogP contribution in [0, 0.1) is 20.8 Å². The summed E-state index contributed by atoms with van der Waals surface area (Å²) < 4.78 is 4.91. The van der Waals surface area contributed by atoms with Crippen LogP contribution in [0.25, 0.3) is 0 Å². The molecule has 1 aromatic heterocycles. The van der Waals surface area contributed by atoms with Crippen LogP contribution < -0.4 is 10.6 Å². The Balaban J connectivity index is 2.02. The van der Waals surface area contributed by atoms with Crippen molar-refractivity contribution in [2.75, 3.05) is 10.6 Å². The first-order valence-corrected chi connectivity index (χ1v) is 6.53. The number of rotatable bonds is 4. The minimum atomic E-state index is -0.368. The van der Waals surface area contributed by atoms with Gasteiger partial charge in [0.25, 0.3) is 0 Å². The van der Waals surface area contributed by atoms with Crippen LogP contribution in [0.15, 0.2) is 28.8 Å². The number of aromatic nitrogens is 1. The first-order valence-electron chi connectivity index (χ1n) is 6.53. The Morgan fingerprint density at radius 3 is 2.65 bits per heavy atom. The molecule has 2 aromatic rings. The van der Waals surface area contributed by atoms with Crippen LogP contribution in [0.3, 0.4) is 0 Å². The van der Waals surface area contributed by atoms with Gasteiger partial charge < -0.3 is 15.2 Å². The van der Waals surface area contributed by atoms with Crippen molar-refractivity contribution in [1.82, 2.24) is 5.16 Å². The van der Waals surface area contributed by atoms with Crippen molar-refractivity contribution >= 4 is 17.4 Å². The zero-order valence-corrected chi connectivity index (χ0v) is 12.2. The van der Waals surface area contributed by atoms with Crippen LogP contribution in [0.2, 0.25) is 0 Å². The van der Waals surface area contributed by atoms with Gasteiger partial charge in [-0.1, -0.05) is 17.3 Å². The third kappa shape index (κ3) is 3.38. The van der Waals surface area contributed by atoms with Crippen LogP contribution >= 0.6 is 0 Å². The highest BCUT2D eigenvalue weighted by molar-refractivity contribution is 5.95. The van der Waals surface area contributed by atoms with E-state index < -0.39 is 0 Å². The number of amides is 1. The van der Waals surface area contributed by atoms with Crippen molar-refractivity contribution < 1.29 is 9.32 Å². The van der Waals surface area contributed by atoms with Crippen LogP contribution in [0.5, 0.6) is 0 Å². The minimum absolute atomic E-state index is 0.154. The quantitative estimate of drug-likeness (QED) is 0.898. The molecule has 0 bridgehead atoms. The van der Waals surface area contributed by atoms with E-state index in [1.807, 2.05) is 39.0 Å². The summed E-state index contributed by atoms with van der Waals surface area (Å²) in [4.78, 5) is 12.1. The molecule has 0 spiro atoms. The van der Waals surface area contributed by atoms with Gasteiger partial charge in [0.2, 0.25) is 5.91 Å². The van der Waals surface area contributed by atoms with E-state index in [4.69, 9.17) is 4.52 Å². The molecule has 0 aliphatic heterocycles. The average Bonchev–Trinajstić information content (AvgIpc) is 2.79. The van der Waals surface area contributed by atoms with Crippen molar-refractivity contribution in [3.63, 3.8) is 0 Å². The van der Waals surface area contributed by atoms with Crippen molar-refractivity contribution in [1.29, 1.82) is 0 Å². The fourth-order valence-electron chi connectivity index (χ4n) is 1.85. The summed E-state index contributed by atoms with van der Waals surface area (Å²) in [5.41, 5.74) is 3.22. The molecule has 0 fully saturated rings. The van der Waals surface area contributed by atoms with Gasteiger partial charge in [0.15, 0.2) is 5.82 Å². The second-order valence-electron chi connectivity index (χ2n) is 5.00.